The van der Waals surface area contributed by atoms with E-state index in [4.69, 9.17) is 25.8 Å². The van der Waals surface area contributed by atoms with E-state index in [0.29, 0.717) is 11.8 Å². The molecule has 0 radical (unpaired) electrons. The van der Waals surface area contributed by atoms with Gasteiger partial charge in [-0.15, -0.1) is 11.6 Å². The van der Waals surface area contributed by atoms with Crippen molar-refractivity contribution >= 4 is 27.5 Å². The van der Waals surface area contributed by atoms with Crippen LogP contribution >= 0.6 is 27.5 Å². The van der Waals surface area contributed by atoms with Crippen molar-refractivity contribution in [1.29, 1.82) is 0 Å². The first-order valence-electron chi connectivity index (χ1n) is 8.07. The first-order chi connectivity index (χ1) is 10.6. The summed E-state index contributed by atoms with van der Waals surface area (Å²) in [5, 5.41) is 0. The second-order valence-electron chi connectivity index (χ2n) is 6.75. The molecule has 3 fully saturated rings. The number of hydrogen-bond acceptors (Lipinski definition) is 3. The molecule has 0 bridgehead atoms. The Morgan fingerprint density at radius 3 is 2.86 bits per heavy atom. The fraction of sp³-hybridized carbons (Fsp3) is 0.765. The quantitative estimate of drug-likeness (QED) is 0.385. The molecule has 2 saturated heterocycles. The van der Waals surface area contributed by atoms with Crippen molar-refractivity contribution in [3.63, 3.8) is 0 Å². The summed E-state index contributed by atoms with van der Waals surface area (Å²) in [4.78, 5) is 2.07. The zero-order valence-corrected chi connectivity index (χ0v) is 15.5. The molecule has 0 aromatic carbocycles. The van der Waals surface area contributed by atoms with Gasteiger partial charge in [-0.25, -0.2) is 0 Å². The minimum Gasteiger partial charge on any atom is -0.346 e. The average molecular weight is 392 g/mol. The highest BCUT2D eigenvalue weighted by atomic mass is 79.9. The van der Waals surface area contributed by atoms with Crippen molar-refractivity contribution in [2.24, 2.45) is 11.8 Å². The van der Waals surface area contributed by atoms with Gasteiger partial charge in [0.1, 0.15) is 6.10 Å². The van der Waals surface area contributed by atoms with Crippen molar-refractivity contribution in [2.45, 2.75) is 63.8 Å². The molecule has 1 aliphatic carbocycles. The second-order valence-corrected chi connectivity index (χ2v) is 7.59. The molecule has 1 saturated carbocycles. The number of rotatable bonds is 5. The molecule has 3 rings (SSSR count). The lowest BCUT2D eigenvalue weighted by Gasteiger charge is -2.24. The molecule has 0 N–H and O–H groups in total. The molecular weight excluding hydrogens is 368 g/mol. The first kappa shape index (κ1) is 17.0. The van der Waals surface area contributed by atoms with Crippen LogP contribution in [0.4, 0.5) is 0 Å². The van der Waals surface area contributed by atoms with Gasteiger partial charge in [0.05, 0.1) is 6.10 Å². The molecule has 2 heterocycles. The maximum absolute atomic E-state index is 6.12. The molecular formula is C17H24BrClO3. The summed E-state index contributed by atoms with van der Waals surface area (Å²) in [5.74, 6) is 1.03. The number of hydrogen-bond donors (Lipinski definition) is 0. The fourth-order valence-corrected chi connectivity index (χ4v) is 4.57. The maximum atomic E-state index is 6.12. The largest absolute Gasteiger partial charge is 0.346 e. The molecule has 0 aromatic rings. The van der Waals surface area contributed by atoms with E-state index in [1.165, 1.54) is 5.57 Å². The fourth-order valence-electron chi connectivity index (χ4n) is 3.89. The van der Waals surface area contributed by atoms with E-state index in [9.17, 15) is 0 Å². The van der Waals surface area contributed by atoms with Crippen molar-refractivity contribution in [3.05, 3.63) is 22.7 Å². The predicted octanol–water partition coefficient (Wildman–Crippen LogP) is 4.74. The number of halogens is 2. The van der Waals surface area contributed by atoms with Crippen molar-refractivity contribution in [3.8, 4) is 0 Å². The summed E-state index contributed by atoms with van der Waals surface area (Å²) in [5.41, 5.74) is 1.42. The Hall–Kier alpha value is 0.130. The van der Waals surface area contributed by atoms with Crippen LogP contribution in [-0.2, 0) is 14.2 Å². The molecule has 0 unspecified atom stereocenters. The Balaban J connectivity index is 1.69. The van der Waals surface area contributed by atoms with E-state index < -0.39 is 5.79 Å². The lowest BCUT2D eigenvalue weighted by molar-refractivity contribution is -0.208. The van der Waals surface area contributed by atoms with E-state index in [-0.39, 0.29) is 18.5 Å². The molecule has 5 heteroatoms. The van der Waals surface area contributed by atoms with Crippen molar-refractivity contribution in [2.75, 3.05) is 5.88 Å². The smallest absolute Gasteiger partial charge is 0.187 e. The molecule has 22 heavy (non-hydrogen) atoms. The van der Waals surface area contributed by atoms with Gasteiger partial charge in [-0.1, -0.05) is 33.7 Å². The van der Waals surface area contributed by atoms with Gasteiger partial charge in [0.15, 0.2) is 12.1 Å². The Morgan fingerprint density at radius 2 is 2.14 bits per heavy atom. The van der Waals surface area contributed by atoms with E-state index in [1.54, 1.807) is 0 Å². The van der Waals surface area contributed by atoms with E-state index >= 15 is 0 Å². The van der Waals surface area contributed by atoms with Gasteiger partial charge in [-0.05, 0) is 50.4 Å². The van der Waals surface area contributed by atoms with Crippen molar-refractivity contribution in [1.82, 2.24) is 0 Å². The third-order valence-electron chi connectivity index (χ3n) is 4.78. The van der Waals surface area contributed by atoms with Crippen LogP contribution < -0.4 is 0 Å². The first-order valence-corrected chi connectivity index (χ1v) is 9.52. The number of ether oxygens (including phenoxy) is 3. The minimum absolute atomic E-state index is 0.0474. The van der Waals surface area contributed by atoms with Gasteiger partial charge in [-0.2, -0.15) is 0 Å². The number of allylic oxidation sites excluding steroid dienone is 2. The third-order valence-corrected chi connectivity index (χ3v) is 5.64. The molecule has 3 aliphatic rings. The van der Waals surface area contributed by atoms with Crippen LogP contribution in [0.2, 0.25) is 0 Å². The zero-order chi connectivity index (χ0) is 15.7. The lowest BCUT2D eigenvalue weighted by Crippen LogP contribution is -2.31. The molecule has 5 atom stereocenters. The summed E-state index contributed by atoms with van der Waals surface area (Å²) >= 11 is 9.24. The molecule has 0 amide bonds. The van der Waals surface area contributed by atoms with Crippen LogP contribution in [0.3, 0.4) is 0 Å². The minimum atomic E-state index is -0.540. The average Bonchev–Trinajstić information content (AvgIpc) is 3.04. The van der Waals surface area contributed by atoms with Crippen LogP contribution in [0, 0.1) is 11.8 Å². The highest BCUT2D eigenvalue weighted by Crippen LogP contribution is 2.53. The van der Waals surface area contributed by atoms with Gasteiger partial charge in [0.2, 0.25) is 0 Å². The number of alkyl halides is 1. The van der Waals surface area contributed by atoms with Crippen LogP contribution in [0.1, 0.15) is 39.5 Å². The van der Waals surface area contributed by atoms with Gasteiger partial charge >= 0.3 is 0 Å². The number of unbranched alkanes of at least 4 members (excludes halogenated alkanes) is 1. The van der Waals surface area contributed by atoms with Gasteiger partial charge in [0.25, 0.3) is 0 Å². The van der Waals surface area contributed by atoms with Gasteiger partial charge in [0, 0.05) is 11.8 Å². The van der Waals surface area contributed by atoms with Crippen LogP contribution in [0.25, 0.3) is 0 Å². The Bertz CT molecular complexity index is 463. The van der Waals surface area contributed by atoms with E-state index in [1.807, 2.05) is 13.8 Å². The van der Waals surface area contributed by atoms with E-state index in [0.717, 1.165) is 31.6 Å². The summed E-state index contributed by atoms with van der Waals surface area (Å²) in [6.45, 7) is 3.92. The van der Waals surface area contributed by atoms with Gasteiger partial charge in [-0.3, -0.25) is 0 Å². The van der Waals surface area contributed by atoms with Crippen LogP contribution in [-0.4, -0.2) is 30.2 Å². The Kier molecular flexibility index (Phi) is 5.35. The SMILES string of the molecule is CC1(C)O[C@H]2O[C@@H]3C/C(=C\Br)[C@H](C/C=C\CCCCl)[C@H]3[C@H]2O1. The molecule has 3 nitrogen and oxygen atoms in total. The normalized spacial score (nSPS) is 41.5. The molecule has 0 spiro atoms. The lowest BCUT2D eigenvalue weighted by atomic mass is 9.86. The Morgan fingerprint density at radius 1 is 1.32 bits per heavy atom. The summed E-state index contributed by atoms with van der Waals surface area (Å²) < 4.78 is 18.1. The summed E-state index contributed by atoms with van der Waals surface area (Å²) in [6.07, 6.45) is 8.66. The summed E-state index contributed by atoms with van der Waals surface area (Å²) in [7, 11) is 0. The Labute approximate surface area is 146 Å². The molecule has 124 valence electrons. The monoisotopic (exact) mass is 390 g/mol. The van der Waals surface area contributed by atoms with E-state index in [2.05, 4.69) is 33.1 Å². The predicted molar refractivity (Wildman–Crippen MR) is 91.0 cm³/mol. The van der Waals surface area contributed by atoms with Gasteiger partial charge < -0.3 is 14.2 Å². The molecule has 2 aliphatic heterocycles. The maximum Gasteiger partial charge on any atom is 0.187 e. The second kappa shape index (κ2) is 6.94. The third kappa shape index (κ3) is 3.32. The highest BCUT2D eigenvalue weighted by Gasteiger charge is 2.59. The van der Waals surface area contributed by atoms with Crippen molar-refractivity contribution < 1.29 is 14.2 Å². The highest BCUT2D eigenvalue weighted by molar-refractivity contribution is 9.11. The van der Waals surface area contributed by atoms with Crippen LogP contribution in [0.5, 0.6) is 0 Å². The summed E-state index contributed by atoms with van der Waals surface area (Å²) in [6, 6.07) is 0. The van der Waals surface area contributed by atoms with Crippen LogP contribution in [0.15, 0.2) is 22.7 Å². The molecule has 0 aromatic heterocycles. The topological polar surface area (TPSA) is 27.7 Å². The number of fused-ring (bicyclic) bond motifs is 3. The zero-order valence-electron chi connectivity index (χ0n) is 13.1. The standard InChI is InChI=1S/C17H24BrClO3/c1-17(2)21-15-14-12(7-5-3-4-6-8-19)11(10-18)9-13(14)20-16(15)22-17/h3,5,10,12-16H,4,6-9H2,1-2H3/b5-3-,11-10+/t12-,13+,14+,15+,16+/m0/s1.